The average Bonchev–Trinajstić information content (AvgIpc) is 3.90. The van der Waals surface area contributed by atoms with Crippen LogP contribution >= 0.6 is 0 Å². The number of fused-ring (bicyclic) bond motifs is 6. The van der Waals surface area contributed by atoms with E-state index in [1.54, 1.807) is 0 Å². The van der Waals surface area contributed by atoms with Gasteiger partial charge in [0.2, 0.25) is 5.69 Å². The lowest BCUT2D eigenvalue weighted by atomic mass is 9.97. The van der Waals surface area contributed by atoms with Crippen molar-refractivity contribution in [3.05, 3.63) is 235 Å². The molecule has 0 N–H and O–H groups in total. The fourth-order valence-corrected chi connectivity index (χ4v) is 9.88. The van der Waals surface area contributed by atoms with E-state index in [2.05, 4.69) is 172 Å². The van der Waals surface area contributed by atoms with Gasteiger partial charge < -0.3 is 9.13 Å². The minimum Gasteiger partial charge on any atom is -0.319 e. The van der Waals surface area contributed by atoms with Gasteiger partial charge >= 0.3 is 0 Å². The van der Waals surface area contributed by atoms with Gasteiger partial charge in [-0.1, -0.05) is 121 Å². The van der Waals surface area contributed by atoms with E-state index in [0.717, 1.165) is 116 Å². The van der Waals surface area contributed by atoms with Crippen molar-refractivity contribution in [2.75, 3.05) is 0 Å². The second-order valence-corrected chi connectivity index (χ2v) is 16.9. The number of rotatable bonds is 7. The number of hydrogen-bond acceptors (Lipinski definition) is 3. The summed E-state index contributed by atoms with van der Waals surface area (Å²) in [6.07, 6.45) is 3.75. The Labute approximate surface area is 387 Å². The minimum absolute atomic E-state index is 0.499. The Morgan fingerprint density at radius 1 is 0.448 bits per heavy atom. The first-order valence-electron chi connectivity index (χ1n) is 22.2. The molecule has 67 heavy (non-hydrogen) atoms. The lowest BCUT2D eigenvalue weighted by Crippen LogP contribution is -2.03. The molecule has 0 unspecified atom stereocenters. The predicted octanol–water partition coefficient (Wildman–Crippen LogP) is 15.7. The van der Waals surface area contributed by atoms with Crippen LogP contribution in [-0.2, 0) is 0 Å². The predicted molar refractivity (Wildman–Crippen MR) is 274 cm³/mol. The largest absolute Gasteiger partial charge is 0.319 e. The smallest absolute Gasteiger partial charge is 0.234 e. The summed E-state index contributed by atoms with van der Waals surface area (Å²) in [4.78, 5) is 13.9. The molecule has 0 saturated heterocycles. The molecule has 8 aromatic carbocycles. The Morgan fingerprint density at radius 2 is 0.955 bits per heavy atom. The average molecular weight is 855 g/mol. The van der Waals surface area contributed by atoms with Crippen LogP contribution in [0, 0.1) is 24.8 Å². The van der Waals surface area contributed by atoms with Gasteiger partial charge in [-0.25, -0.2) is 4.85 Å². The second kappa shape index (κ2) is 16.0. The number of pyridine rings is 2. The summed E-state index contributed by atoms with van der Waals surface area (Å²) in [5.74, 6) is 0. The number of benzene rings is 8. The Balaban J connectivity index is 1.10. The summed E-state index contributed by atoms with van der Waals surface area (Å²) in [5, 5.41) is 14.5. The van der Waals surface area contributed by atoms with Crippen molar-refractivity contribution in [3.8, 4) is 73.3 Å². The molecule has 0 aliphatic carbocycles. The maximum Gasteiger partial charge on any atom is 0.234 e. The zero-order valence-corrected chi connectivity index (χ0v) is 36.4. The molecule has 0 fully saturated rings. The van der Waals surface area contributed by atoms with E-state index in [1.807, 2.05) is 67.8 Å². The summed E-state index contributed by atoms with van der Waals surface area (Å²) in [7, 11) is 0. The van der Waals surface area contributed by atoms with Gasteiger partial charge in [-0.05, 0) is 125 Å². The first-order valence-corrected chi connectivity index (χ1v) is 22.2. The van der Waals surface area contributed by atoms with Gasteiger partial charge in [0.15, 0.2) is 0 Å². The molecule has 12 rings (SSSR count). The van der Waals surface area contributed by atoms with E-state index in [9.17, 15) is 5.26 Å². The number of para-hydroxylation sites is 2. The van der Waals surface area contributed by atoms with E-state index < -0.39 is 0 Å². The quantitative estimate of drug-likeness (QED) is 0.150. The summed E-state index contributed by atoms with van der Waals surface area (Å²) in [6, 6.07) is 71.5. The zero-order chi connectivity index (χ0) is 45.0. The lowest BCUT2D eigenvalue weighted by Gasteiger charge is -2.20. The molecule has 0 amide bonds. The highest BCUT2D eigenvalue weighted by molar-refractivity contribution is 6.14. The first-order chi connectivity index (χ1) is 33.0. The van der Waals surface area contributed by atoms with Crippen LogP contribution in [0.2, 0.25) is 0 Å². The molecule has 312 valence electrons. The van der Waals surface area contributed by atoms with Crippen molar-refractivity contribution in [3.63, 3.8) is 0 Å². The van der Waals surface area contributed by atoms with Crippen LogP contribution in [-0.4, -0.2) is 19.1 Å². The Morgan fingerprint density at radius 3 is 1.52 bits per heavy atom. The number of hydrogen-bond donors (Lipinski definition) is 0. The standard InChI is InChI=1S/C61H38N6/c1-39-31-40(38-62)33-47(32-39)48-23-26-59(66-55-19-11-9-17-49(55)51-34-43(21-24-57(51)66)45-27-29-64-53(36-45)41-13-5-3-6-14-41)60(63-2)61(48)67-56-20-12-10-18-50(56)52-35-44(22-25-58(52)67)46-28-30-65-54(37-46)42-15-7-4-8-16-42/h3-37H,1H3. The van der Waals surface area contributed by atoms with Gasteiger partial charge in [-0.15, -0.1) is 0 Å². The molecule has 12 aromatic rings. The van der Waals surface area contributed by atoms with Crippen molar-refractivity contribution < 1.29 is 0 Å². The third-order valence-corrected chi connectivity index (χ3v) is 12.9. The normalized spacial score (nSPS) is 11.3. The molecular weight excluding hydrogens is 817 g/mol. The van der Waals surface area contributed by atoms with Crippen molar-refractivity contribution in [2.24, 2.45) is 0 Å². The summed E-state index contributed by atoms with van der Waals surface area (Å²) in [5.41, 5.74) is 17.5. The van der Waals surface area contributed by atoms with E-state index in [0.29, 0.717) is 11.3 Å². The van der Waals surface area contributed by atoms with Crippen LogP contribution in [0.15, 0.2) is 213 Å². The number of aryl methyl sites for hydroxylation is 1. The molecule has 0 atom stereocenters. The molecule has 6 heteroatoms. The highest BCUT2D eigenvalue weighted by Gasteiger charge is 2.25. The maximum absolute atomic E-state index is 10.2. The topological polar surface area (TPSA) is 63.8 Å². The number of aromatic nitrogens is 4. The van der Waals surface area contributed by atoms with Crippen molar-refractivity contribution in [2.45, 2.75) is 6.92 Å². The first kappa shape index (κ1) is 39.2. The highest BCUT2D eigenvalue weighted by atomic mass is 15.1. The van der Waals surface area contributed by atoms with Gasteiger partial charge in [0.05, 0.1) is 63.0 Å². The minimum atomic E-state index is 0.499. The van der Waals surface area contributed by atoms with Crippen LogP contribution < -0.4 is 0 Å². The molecule has 0 radical (unpaired) electrons. The van der Waals surface area contributed by atoms with E-state index >= 15 is 0 Å². The third-order valence-electron chi connectivity index (χ3n) is 12.9. The van der Waals surface area contributed by atoms with Crippen molar-refractivity contribution in [1.29, 1.82) is 5.26 Å². The Kier molecular flexibility index (Phi) is 9.38. The lowest BCUT2D eigenvalue weighted by molar-refractivity contribution is 1.14. The SMILES string of the molecule is [C-]#[N+]c1c(-n2c3ccccc3c3cc(-c4ccnc(-c5ccccc5)c4)ccc32)ccc(-c2cc(C)cc(C#N)c2)c1-n1c2ccccc2c2cc(-c3ccnc(-c4ccccc4)c3)ccc21. The van der Waals surface area contributed by atoms with Crippen molar-refractivity contribution >= 4 is 49.3 Å². The number of nitriles is 1. The van der Waals surface area contributed by atoms with Gasteiger partial charge in [-0.2, -0.15) is 5.26 Å². The van der Waals surface area contributed by atoms with E-state index in [-0.39, 0.29) is 0 Å². The van der Waals surface area contributed by atoms with Gasteiger partial charge in [0.25, 0.3) is 0 Å². The monoisotopic (exact) mass is 854 g/mol. The summed E-state index contributed by atoms with van der Waals surface area (Å²) >= 11 is 0. The molecule has 0 saturated carbocycles. The maximum atomic E-state index is 10.2. The van der Waals surface area contributed by atoms with Crippen LogP contribution in [0.5, 0.6) is 0 Å². The third kappa shape index (κ3) is 6.64. The molecule has 6 nitrogen and oxygen atoms in total. The van der Waals surface area contributed by atoms with Crippen LogP contribution in [0.25, 0.3) is 116 Å². The van der Waals surface area contributed by atoms with Crippen LogP contribution in [0.4, 0.5) is 5.69 Å². The molecule has 0 aliphatic rings. The zero-order valence-electron chi connectivity index (χ0n) is 36.4. The molecule has 0 aliphatic heterocycles. The molecule has 4 aromatic heterocycles. The molecule has 4 heterocycles. The Bertz CT molecular complexity index is 4010. The van der Waals surface area contributed by atoms with E-state index in [1.165, 1.54) is 0 Å². The van der Waals surface area contributed by atoms with Crippen LogP contribution in [0.1, 0.15) is 11.1 Å². The summed E-state index contributed by atoms with van der Waals surface area (Å²) in [6.45, 7) is 11.2. The molecule has 0 bridgehead atoms. The fraction of sp³-hybridized carbons (Fsp3) is 0.0164. The van der Waals surface area contributed by atoms with Crippen molar-refractivity contribution in [1.82, 2.24) is 19.1 Å². The highest BCUT2D eigenvalue weighted by Crippen LogP contribution is 2.47. The number of nitrogens with zero attached hydrogens (tertiary/aromatic N) is 6. The second-order valence-electron chi connectivity index (χ2n) is 16.9. The van der Waals surface area contributed by atoms with Crippen LogP contribution in [0.3, 0.4) is 0 Å². The van der Waals surface area contributed by atoms with Gasteiger partial charge in [0, 0.05) is 45.1 Å². The van der Waals surface area contributed by atoms with E-state index in [4.69, 9.17) is 16.5 Å². The summed E-state index contributed by atoms with van der Waals surface area (Å²) < 4.78 is 4.50. The molecular formula is C61H38N6. The van der Waals surface area contributed by atoms with Gasteiger partial charge in [0.1, 0.15) is 0 Å². The van der Waals surface area contributed by atoms with Gasteiger partial charge in [-0.3, -0.25) is 9.97 Å². The Hall–Kier alpha value is -9.36. The fourth-order valence-electron chi connectivity index (χ4n) is 9.88. The molecule has 0 spiro atoms.